The first kappa shape index (κ1) is 13.3. The molecule has 1 fully saturated rings. The third kappa shape index (κ3) is 3.45. The monoisotopic (exact) mass is 250 g/mol. The molecule has 0 radical (unpaired) electrons. The van der Waals surface area contributed by atoms with Gasteiger partial charge in [-0.15, -0.1) is 0 Å². The molecule has 18 heavy (non-hydrogen) atoms. The number of nitrogens with two attached hydrogens (primary N) is 1. The van der Waals surface area contributed by atoms with Gasteiger partial charge in [0.1, 0.15) is 5.82 Å². The molecule has 1 aromatic rings. The fourth-order valence-electron chi connectivity index (χ4n) is 2.32. The van der Waals surface area contributed by atoms with Crippen LogP contribution in [0.25, 0.3) is 0 Å². The highest BCUT2D eigenvalue weighted by Gasteiger charge is 2.25. The third-order valence-corrected chi connectivity index (χ3v) is 3.45. The topological polar surface area (TPSA) is 29.3 Å². The zero-order valence-electron chi connectivity index (χ0n) is 11.2. The van der Waals surface area contributed by atoms with Crippen LogP contribution in [0.2, 0.25) is 0 Å². The zero-order chi connectivity index (χ0) is 13.0. The second kappa shape index (κ2) is 6.19. The van der Waals surface area contributed by atoms with Gasteiger partial charge in [0.25, 0.3) is 0 Å². The van der Waals surface area contributed by atoms with Crippen molar-refractivity contribution in [1.82, 2.24) is 0 Å². The minimum absolute atomic E-state index is 0.102. The highest BCUT2D eigenvalue weighted by Crippen LogP contribution is 2.32. The van der Waals surface area contributed by atoms with Crippen molar-refractivity contribution in [3.8, 4) is 0 Å². The molecule has 1 aromatic carbocycles. The van der Waals surface area contributed by atoms with Gasteiger partial charge in [-0.3, -0.25) is 0 Å². The van der Waals surface area contributed by atoms with Gasteiger partial charge in [0.2, 0.25) is 0 Å². The number of benzene rings is 1. The summed E-state index contributed by atoms with van der Waals surface area (Å²) in [5.41, 5.74) is 7.24. The fourth-order valence-corrected chi connectivity index (χ4v) is 2.32. The molecule has 2 nitrogen and oxygen atoms in total. The van der Waals surface area contributed by atoms with Crippen molar-refractivity contribution in [2.75, 3.05) is 24.5 Å². The first-order chi connectivity index (χ1) is 8.74. The van der Waals surface area contributed by atoms with Gasteiger partial charge in [-0.25, -0.2) is 4.39 Å². The first-order valence-corrected chi connectivity index (χ1v) is 6.98. The van der Waals surface area contributed by atoms with E-state index in [1.807, 2.05) is 12.1 Å². The molecule has 0 atom stereocenters. The standard InChI is InChI=1S/C15H23FN2/c1-2-9-18(11-13-3-4-13)15-6-5-12(7-8-17)10-14(15)16/h5-6,10,13H,2-4,7-9,11,17H2,1H3. The van der Waals surface area contributed by atoms with Crippen LogP contribution in [0.1, 0.15) is 31.7 Å². The van der Waals surface area contributed by atoms with E-state index < -0.39 is 0 Å². The van der Waals surface area contributed by atoms with E-state index in [2.05, 4.69) is 11.8 Å². The lowest BCUT2D eigenvalue weighted by molar-refractivity contribution is 0.606. The second-order valence-corrected chi connectivity index (χ2v) is 5.21. The number of hydrogen-bond donors (Lipinski definition) is 1. The maximum Gasteiger partial charge on any atom is 0.146 e. The van der Waals surface area contributed by atoms with Gasteiger partial charge in [-0.05, 0) is 55.8 Å². The summed E-state index contributed by atoms with van der Waals surface area (Å²) < 4.78 is 14.1. The van der Waals surface area contributed by atoms with Crippen LogP contribution < -0.4 is 10.6 Å². The Balaban J connectivity index is 2.12. The summed E-state index contributed by atoms with van der Waals surface area (Å²) in [5, 5.41) is 0. The van der Waals surface area contributed by atoms with E-state index in [0.717, 1.165) is 43.1 Å². The predicted molar refractivity (Wildman–Crippen MR) is 74.4 cm³/mol. The van der Waals surface area contributed by atoms with Crippen LogP contribution >= 0.6 is 0 Å². The van der Waals surface area contributed by atoms with E-state index in [1.54, 1.807) is 6.07 Å². The molecule has 0 heterocycles. The smallest absolute Gasteiger partial charge is 0.146 e. The number of nitrogens with zero attached hydrogens (tertiary/aromatic N) is 1. The summed E-state index contributed by atoms with van der Waals surface area (Å²) in [4.78, 5) is 2.19. The van der Waals surface area contributed by atoms with Crippen LogP contribution in [0.15, 0.2) is 18.2 Å². The molecular weight excluding hydrogens is 227 g/mol. The number of hydrogen-bond acceptors (Lipinski definition) is 2. The second-order valence-electron chi connectivity index (χ2n) is 5.21. The lowest BCUT2D eigenvalue weighted by Crippen LogP contribution is -2.27. The average Bonchev–Trinajstić information content (AvgIpc) is 3.13. The molecule has 0 unspecified atom stereocenters. The van der Waals surface area contributed by atoms with Gasteiger partial charge in [0, 0.05) is 13.1 Å². The van der Waals surface area contributed by atoms with Crippen molar-refractivity contribution in [2.45, 2.75) is 32.6 Å². The molecular formula is C15H23FN2. The Morgan fingerprint density at radius 3 is 2.72 bits per heavy atom. The van der Waals surface area contributed by atoms with E-state index in [-0.39, 0.29) is 5.82 Å². The highest BCUT2D eigenvalue weighted by atomic mass is 19.1. The summed E-state index contributed by atoms with van der Waals surface area (Å²) in [5.74, 6) is 0.676. The van der Waals surface area contributed by atoms with Crippen LogP contribution in [0, 0.1) is 11.7 Å². The lowest BCUT2D eigenvalue weighted by Gasteiger charge is -2.25. The Hall–Kier alpha value is -1.09. The third-order valence-electron chi connectivity index (χ3n) is 3.45. The van der Waals surface area contributed by atoms with Gasteiger partial charge >= 0.3 is 0 Å². The van der Waals surface area contributed by atoms with E-state index in [0.29, 0.717) is 6.54 Å². The summed E-state index contributed by atoms with van der Waals surface area (Å²) in [6.07, 6.45) is 4.39. The van der Waals surface area contributed by atoms with Gasteiger partial charge in [0.15, 0.2) is 0 Å². The van der Waals surface area contributed by atoms with Crippen LogP contribution in [0.3, 0.4) is 0 Å². The minimum Gasteiger partial charge on any atom is -0.369 e. The molecule has 0 saturated heterocycles. The Morgan fingerprint density at radius 1 is 1.39 bits per heavy atom. The van der Waals surface area contributed by atoms with Crippen molar-refractivity contribution in [3.63, 3.8) is 0 Å². The summed E-state index contributed by atoms with van der Waals surface area (Å²) in [6, 6.07) is 5.55. The van der Waals surface area contributed by atoms with Gasteiger partial charge in [-0.2, -0.15) is 0 Å². The molecule has 100 valence electrons. The maximum atomic E-state index is 14.1. The molecule has 2 N–H and O–H groups in total. The molecule has 1 saturated carbocycles. The SMILES string of the molecule is CCCN(CC1CC1)c1ccc(CCN)cc1F. The molecule has 0 amide bonds. The van der Waals surface area contributed by atoms with Crippen molar-refractivity contribution >= 4 is 5.69 Å². The van der Waals surface area contributed by atoms with Gasteiger partial charge in [0.05, 0.1) is 5.69 Å². The normalized spacial score (nSPS) is 14.8. The van der Waals surface area contributed by atoms with Crippen molar-refractivity contribution in [3.05, 3.63) is 29.6 Å². The quantitative estimate of drug-likeness (QED) is 0.806. The fraction of sp³-hybridized carbons (Fsp3) is 0.600. The summed E-state index contributed by atoms with van der Waals surface area (Å²) in [7, 11) is 0. The molecule has 2 rings (SSSR count). The van der Waals surface area contributed by atoms with Crippen LogP contribution in [0.5, 0.6) is 0 Å². The maximum absolute atomic E-state index is 14.1. The van der Waals surface area contributed by atoms with Crippen molar-refractivity contribution in [2.24, 2.45) is 11.7 Å². The molecule has 0 spiro atoms. The van der Waals surface area contributed by atoms with E-state index in [4.69, 9.17) is 5.73 Å². The Kier molecular flexibility index (Phi) is 4.59. The molecule has 3 heteroatoms. The lowest BCUT2D eigenvalue weighted by atomic mass is 10.1. The molecule has 0 bridgehead atoms. The molecule has 0 aliphatic heterocycles. The molecule has 1 aliphatic carbocycles. The van der Waals surface area contributed by atoms with E-state index in [9.17, 15) is 4.39 Å². The first-order valence-electron chi connectivity index (χ1n) is 6.98. The highest BCUT2D eigenvalue weighted by molar-refractivity contribution is 5.49. The Morgan fingerprint density at radius 2 is 2.17 bits per heavy atom. The molecule has 1 aliphatic rings. The minimum atomic E-state index is -0.102. The van der Waals surface area contributed by atoms with Crippen LogP contribution in [-0.4, -0.2) is 19.6 Å². The number of anilines is 1. The van der Waals surface area contributed by atoms with Crippen LogP contribution in [-0.2, 0) is 6.42 Å². The number of rotatable bonds is 7. The summed E-state index contributed by atoms with van der Waals surface area (Å²) in [6.45, 7) is 4.64. The Bertz CT molecular complexity index is 388. The van der Waals surface area contributed by atoms with Crippen LogP contribution in [0.4, 0.5) is 10.1 Å². The Labute approximate surface area is 109 Å². The van der Waals surface area contributed by atoms with Gasteiger partial charge < -0.3 is 10.6 Å². The predicted octanol–water partition coefficient (Wildman–Crippen LogP) is 2.95. The van der Waals surface area contributed by atoms with Gasteiger partial charge in [-0.1, -0.05) is 13.0 Å². The summed E-state index contributed by atoms with van der Waals surface area (Å²) >= 11 is 0. The zero-order valence-corrected chi connectivity index (χ0v) is 11.2. The molecule has 0 aromatic heterocycles. The number of halogens is 1. The van der Waals surface area contributed by atoms with E-state index in [1.165, 1.54) is 12.8 Å². The largest absolute Gasteiger partial charge is 0.369 e. The van der Waals surface area contributed by atoms with Crippen molar-refractivity contribution in [1.29, 1.82) is 0 Å². The average molecular weight is 250 g/mol. The van der Waals surface area contributed by atoms with Crippen molar-refractivity contribution < 1.29 is 4.39 Å². The van der Waals surface area contributed by atoms with E-state index >= 15 is 0 Å².